The van der Waals surface area contributed by atoms with E-state index in [-0.39, 0.29) is 18.5 Å². The van der Waals surface area contributed by atoms with Crippen molar-refractivity contribution in [1.82, 2.24) is 25.0 Å². The zero-order valence-corrected chi connectivity index (χ0v) is 17.8. The number of aryl methyl sites for hydroxylation is 2. The summed E-state index contributed by atoms with van der Waals surface area (Å²) >= 11 is 0. The maximum Gasteiger partial charge on any atom is 0.239 e. The molecule has 1 amide bonds. The topological polar surface area (TPSA) is 98.3 Å². The molecule has 162 valence electrons. The Morgan fingerprint density at radius 2 is 2.09 bits per heavy atom. The first kappa shape index (κ1) is 18.9. The maximum absolute atomic E-state index is 12.1. The minimum atomic E-state index is -0.159. The largest absolute Gasteiger partial charge is 0.488 e. The van der Waals surface area contributed by atoms with Crippen LogP contribution in [-0.2, 0) is 4.79 Å². The van der Waals surface area contributed by atoms with Gasteiger partial charge in [-0.15, -0.1) is 0 Å². The Morgan fingerprint density at radius 3 is 2.84 bits per heavy atom. The fraction of sp³-hybridized carbons (Fsp3) is 0.304. The molecule has 0 radical (unpaired) electrons. The van der Waals surface area contributed by atoms with E-state index in [0.29, 0.717) is 19.7 Å². The second kappa shape index (κ2) is 7.08. The number of hydrogen-bond acceptors (Lipinski definition) is 7. The predicted octanol–water partition coefficient (Wildman–Crippen LogP) is 2.62. The molecule has 1 atom stereocenters. The molecule has 4 aromatic rings. The summed E-state index contributed by atoms with van der Waals surface area (Å²) in [5.74, 6) is 2.25. The van der Waals surface area contributed by atoms with Gasteiger partial charge in [0.2, 0.25) is 11.9 Å². The third kappa shape index (κ3) is 2.77. The molecule has 5 heterocycles. The summed E-state index contributed by atoms with van der Waals surface area (Å²) in [6.45, 7) is 5.78. The SMILES string of the molecule is Cc1noc(C)c1-c1ccc2nc(N3CCNC(=O)C3)n3c2c1OC[C@@H]3c1ccccn1. The molecular formula is C23H22N6O3. The van der Waals surface area contributed by atoms with Crippen LogP contribution in [-0.4, -0.2) is 51.8 Å². The lowest BCUT2D eigenvalue weighted by Gasteiger charge is -2.32. The Hall–Kier alpha value is -3.88. The molecule has 32 heavy (non-hydrogen) atoms. The number of hydrogen-bond donors (Lipinski definition) is 1. The van der Waals surface area contributed by atoms with E-state index < -0.39 is 0 Å². The lowest BCUT2D eigenvalue weighted by atomic mass is 10.0. The van der Waals surface area contributed by atoms with Crippen molar-refractivity contribution in [2.75, 3.05) is 31.1 Å². The number of rotatable bonds is 3. The van der Waals surface area contributed by atoms with Crippen LogP contribution in [0.1, 0.15) is 23.2 Å². The van der Waals surface area contributed by atoms with Crippen molar-refractivity contribution in [2.45, 2.75) is 19.9 Å². The molecule has 2 aliphatic rings. The summed E-state index contributed by atoms with van der Waals surface area (Å²) in [5, 5.41) is 7.01. The van der Waals surface area contributed by atoms with Crippen LogP contribution in [0.3, 0.4) is 0 Å². The molecule has 0 aliphatic carbocycles. The van der Waals surface area contributed by atoms with Gasteiger partial charge in [-0.1, -0.05) is 11.2 Å². The number of anilines is 1. The highest BCUT2D eigenvalue weighted by Crippen LogP contribution is 2.45. The Kier molecular flexibility index (Phi) is 4.17. The van der Waals surface area contributed by atoms with Crippen LogP contribution in [0.4, 0.5) is 5.95 Å². The number of pyridine rings is 1. The third-order valence-corrected chi connectivity index (χ3v) is 6.14. The molecule has 2 aliphatic heterocycles. The molecule has 9 heteroatoms. The molecule has 0 unspecified atom stereocenters. The third-order valence-electron chi connectivity index (χ3n) is 6.14. The van der Waals surface area contributed by atoms with Gasteiger partial charge in [0.25, 0.3) is 0 Å². The summed E-state index contributed by atoms with van der Waals surface area (Å²) < 4.78 is 14.0. The van der Waals surface area contributed by atoms with Gasteiger partial charge in [-0.05, 0) is 38.1 Å². The zero-order valence-electron chi connectivity index (χ0n) is 17.8. The first-order valence-corrected chi connectivity index (χ1v) is 10.7. The second-order valence-corrected chi connectivity index (χ2v) is 8.14. The number of nitrogens with zero attached hydrogens (tertiary/aromatic N) is 5. The quantitative estimate of drug-likeness (QED) is 0.533. The molecule has 1 N–H and O–H groups in total. The minimum absolute atomic E-state index is 0.00538. The average molecular weight is 430 g/mol. The lowest BCUT2D eigenvalue weighted by Crippen LogP contribution is -2.49. The van der Waals surface area contributed by atoms with Gasteiger partial charge in [0, 0.05) is 24.8 Å². The van der Waals surface area contributed by atoms with Gasteiger partial charge in [-0.3, -0.25) is 14.3 Å². The van der Waals surface area contributed by atoms with Crippen LogP contribution < -0.4 is 15.0 Å². The Labute approximate surface area is 184 Å². The van der Waals surface area contributed by atoms with Gasteiger partial charge in [0.1, 0.15) is 23.9 Å². The summed E-state index contributed by atoms with van der Waals surface area (Å²) in [6.07, 6.45) is 1.78. The van der Waals surface area contributed by atoms with Crippen molar-refractivity contribution in [2.24, 2.45) is 0 Å². The minimum Gasteiger partial charge on any atom is -0.488 e. The van der Waals surface area contributed by atoms with Gasteiger partial charge in [-0.2, -0.15) is 0 Å². The van der Waals surface area contributed by atoms with E-state index in [1.165, 1.54) is 0 Å². The van der Waals surface area contributed by atoms with Crippen LogP contribution in [0, 0.1) is 13.8 Å². The predicted molar refractivity (Wildman–Crippen MR) is 118 cm³/mol. The monoisotopic (exact) mass is 430 g/mol. The van der Waals surface area contributed by atoms with Gasteiger partial charge >= 0.3 is 0 Å². The maximum atomic E-state index is 12.1. The number of piperazine rings is 1. The molecule has 3 aromatic heterocycles. The van der Waals surface area contributed by atoms with E-state index in [1.54, 1.807) is 6.20 Å². The first-order valence-electron chi connectivity index (χ1n) is 10.7. The Bertz CT molecular complexity index is 1320. The number of benzene rings is 1. The van der Waals surface area contributed by atoms with Gasteiger partial charge < -0.3 is 19.5 Å². The molecule has 0 bridgehead atoms. The molecule has 6 rings (SSSR count). The van der Waals surface area contributed by atoms with E-state index >= 15 is 0 Å². The molecule has 9 nitrogen and oxygen atoms in total. The summed E-state index contributed by atoms with van der Waals surface area (Å²) in [7, 11) is 0. The highest BCUT2D eigenvalue weighted by atomic mass is 16.5. The Balaban J connectivity index is 1.62. The molecule has 1 aromatic carbocycles. The Morgan fingerprint density at radius 1 is 1.19 bits per heavy atom. The van der Waals surface area contributed by atoms with Crippen LogP contribution in [0.15, 0.2) is 41.1 Å². The standard InChI is InChI=1S/C23H22N6O3/c1-13-20(14(2)32-27-13)15-6-7-17-21-22(15)31-12-18(16-5-3-4-8-24-16)29(21)23(26-17)28-10-9-25-19(30)11-28/h3-8,18H,9-12H2,1-2H3,(H,25,30)/t18-/m1/s1. The molecule has 0 spiro atoms. The van der Waals surface area contributed by atoms with Gasteiger partial charge in [-0.25, -0.2) is 4.98 Å². The van der Waals surface area contributed by atoms with Crippen molar-refractivity contribution >= 4 is 22.9 Å². The summed E-state index contributed by atoms with van der Waals surface area (Å²) in [4.78, 5) is 23.7. The lowest BCUT2D eigenvalue weighted by molar-refractivity contribution is -0.120. The van der Waals surface area contributed by atoms with Crippen molar-refractivity contribution < 1.29 is 14.1 Å². The smallest absolute Gasteiger partial charge is 0.239 e. The van der Waals surface area contributed by atoms with Crippen molar-refractivity contribution in [3.8, 4) is 16.9 Å². The number of aromatic nitrogens is 4. The van der Waals surface area contributed by atoms with E-state index in [4.69, 9.17) is 14.2 Å². The second-order valence-electron chi connectivity index (χ2n) is 8.14. The van der Waals surface area contributed by atoms with Crippen molar-refractivity contribution in [3.05, 3.63) is 53.7 Å². The fourth-order valence-electron chi connectivity index (χ4n) is 4.71. The van der Waals surface area contributed by atoms with Crippen LogP contribution in [0.25, 0.3) is 22.2 Å². The zero-order chi connectivity index (χ0) is 21.8. The number of nitrogens with one attached hydrogen (secondary N) is 1. The van der Waals surface area contributed by atoms with Crippen LogP contribution >= 0.6 is 0 Å². The summed E-state index contributed by atoms with van der Waals surface area (Å²) in [6, 6.07) is 9.71. The molecule has 0 saturated carbocycles. The van der Waals surface area contributed by atoms with Crippen molar-refractivity contribution in [1.29, 1.82) is 0 Å². The number of imidazole rings is 1. The average Bonchev–Trinajstić information content (AvgIpc) is 3.36. The van der Waals surface area contributed by atoms with E-state index in [9.17, 15) is 4.79 Å². The molecule has 1 saturated heterocycles. The first-order chi connectivity index (χ1) is 15.6. The van der Waals surface area contributed by atoms with E-state index in [0.717, 1.165) is 51.0 Å². The van der Waals surface area contributed by atoms with E-state index in [2.05, 4.69) is 20.0 Å². The van der Waals surface area contributed by atoms with Crippen molar-refractivity contribution in [3.63, 3.8) is 0 Å². The van der Waals surface area contributed by atoms with Crippen LogP contribution in [0.5, 0.6) is 5.75 Å². The van der Waals surface area contributed by atoms with Gasteiger partial charge in [0.05, 0.1) is 29.0 Å². The molecule has 1 fully saturated rings. The molecular weight excluding hydrogens is 408 g/mol. The number of carbonyl (C=O) groups is 1. The number of ether oxygens (including phenoxy) is 1. The van der Waals surface area contributed by atoms with Gasteiger partial charge in [0.15, 0.2) is 5.75 Å². The highest BCUT2D eigenvalue weighted by Gasteiger charge is 2.34. The van der Waals surface area contributed by atoms with Crippen LogP contribution in [0.2, 0.25) is 0 Å². The number of carbonyl (C=O) groups excluding carboxylic acids is 1. The fourth-order valence-corrected chi connectivity index (χ4v) is 4.71. The summed E-state index contributed by atoms with van der Waals surface area (Å²) in [5.41, 5.74) is 5.28. The van der Waals surface area contributed by atoms with E-state index in [1.807, 2.05) is 49.1 Å². The number of amides is 1. The highest BCUT2D eigenvalue weighted by molar-refractivity contribution is 5.94. The normalized spacial score (nSPS) is 18.0.